The fraction of sp³-hybridized carbons (Fsp3) is 0.419. The second-order valence-electron chi connectivity index (χ2n) is 10.0. The Kier molecular flexibility index (Phi) is 9.20. The number of hydrogen-bond acceptors (Lipinski definition) is 4. The van der Waals surface area contributed by atoms with Crippen LogP contribution >= 0.6 is 0 Å². The highest BCUT2D eigenvalue weighted by molar-refractivity contribution is 6.07. The number of carbonyl (C=O) groups excluding carboxylic acids is 3. The predicted octanol–water partition coefficient (Wildman–Crippen LogP) is 6.40. The number of fused-ring (bicyclic) bond motifs is 1. The number of benzene rings is 2. The van der Waals surface area contributed by atoms with Crippen molar-refractivity contribution in [1.29, 1.82) is 0 Å². The quantitative estimate of drug-likeness (QED) is 0.342. The summed E-state index contributed by atoms with van der Waals surface area (Å²) in [6, 6.07) is 9.46. The summed E-state index contributed by atoms with van der Waals surface area (Å²) in [5, 5.41) is 2.32. The molecule has 2 aromatic rings. The molecule has 0 saturated carbocycles. The molecule has 39 heavy (non-hydrogen) atoms. The first-order chi connectivity index (χ1) is 18.4. The summed E-state index contributed by atoms with van der Waals surface area (Å²) in [7, 11) is 0. The minimum Gasteiger partial charge on any atom is -0.322 e. The molecule has 2 aromatic carbocycles. The fourth-order valence-electron chi connectivity index (χ4n) is 4.88. The molecule has 1 N–H and O–H groups in total. The molecule has 1 atom stereocenters. The van der Waals surface area contributed by atoms with Gasteiger partial charge in [-0.2, -0.15) is 0 Å². The average molecular weight is 538 g/mol. The van der Waals surface area contributed by atoms with E-state index in [1.54, 1.807) is 12.1 Å². The molecule has 8 heteroatoms. The van der Waals surface area contributed by atoms with Crippen LogP contribution in [0, 0.1) is 12.8 Å². The van der Waals surface area contributed by atoms with Crippen LogP contribution < -0.4 is 5.32 Å². The third-order valence-corrected chi connectivity index (χ3v) is 6.89. The first kappa shape index (κ1) is 29.9. The second kappa shape index (κ2) is 12.0. The van der Waals surface area contributed by atoms with Crippen molar-refractivity contribution in [3.63, 3.8) is 0 Å². The van der Waals surface area contributed by atoms with Gasteiger partial charge in [0, 0.05) is 36.6 Å². The Morgan fingerprint density at radius 2 is 1.82 bits per heavy atom. The molecule has 208 valence electrons. The van der Waals surface area contributed by atoms with Crippen LogP contribution in [0.2, 0.25) is 0 Å². The van der Waals surface area contributed by atoms with Crippen LogP contribution in [0.4, 0.5) is 8.78 Å². The van der Waals surface area contributed by atoms with Crippen molar-refractivity contribution < 1.29 is 23.2 Å². The molecular formula is C31H37F2N3O3. The summed E-state index contributed by atoms with van der Waals surface area (Å²) in [6.07, 6.45) is 2.39. The molecule has 0 spiro atoms. The summed E-state index contributed by atoms with van der Waals surface area (Å²) in [5.41, 5.74) is 5.10. The maximum atomic E-state index is 13.8. The molecule has 3 amide bonds. The zero-order valence-corrected chi connectivity index (χ0v) is 23.7. The van der Waals surface area contributed by atoms with Gasteiger partial charge in [-0.15, -0.1) is 0 Å². The summed E-state index contributed by atoms with van der Waals surface area (Å²) >= 11 is 0. The van der Waals surface area contributed by atoms with Crippen LogP contribution in [0.15, 0.2) is 47.5 Å². The minimum absolute atomic E-state index is 0.0284. The number of imide groups is 1. The Hall–Kier alpha value is -3.68. The molecule has 4 rings (SSSR count). The Balaban J connectivity index is 0.00000205. The Bertz CT molecular complexity index is 1340. The molecule has 1 fully saturated rings. The number of aryl methyl sites for hydroxylation is 1. The molecule has 0 aliphatic carbocycles. The van der Waals surface area contributed by atoms with Gasteiger partial charge >= 0.3 is 0 Å². The number of amides is 3. The van der Waals surface area contributed by atoms with Crippen LogP contribution in [-0.4, -0.2) is 34.4 Å². The summed E-state index contributed by atoms with van der Waals surface area (Å²) in [6.45, 7) is 12.9. The van der Waals surface area contributed by atoms with E-state index in [-0.39, 0.29) is 36.3 Å². The number of aliphatic imine (C=N–C) groups is 1. The van der Waals surface area contributed by atoms with Gasteiger partial charge in [-0.3, -0.25) is 24.7 Å². The maximum absolute atomic E-state index is 13.8. The number of piperidine rings is 1. The van der Waals surface area contributed by atoms with Crippen molar-refractivity contribution in [1.82, 2.24) is 10.2 Å². The van der Waals surface area contributed by atoms with Gasteiger partial charge in [-0.05, 0) is 61.1 Å². The van der Waals surface area contributed by atoms with Crippen LogP contribution in [-0.2, 0) is 22.1 Å². The predicted molar refractivity (Wildman–Crippen MR) is 150 cm³/mol. The van der Waals surface area contributed by atoms with Crippen LogP contribution in [0.1, 0.15) is 92.6 Å². The van der Waals surface area contributed by atoms with E-state index in [0.717, 1.165) is 34.9 Å². The van der Waals surface area contributed by atoms with E-state index in [2.05, 4.69) is 5.32 Å². The molecular weight excluding hydrogens is 500 g/mol. The molecule has 6 nitrogen and oxygen atoms in total. The number of alkyl halides is 2. The highest BCUT2D eigenvalue weighted by Gasteiger charge is 2.39. The van der Waals surface area contributed by atoms with Gasteiger partial charge in [0.1, 0.15) is 6.04 Å². The van der Waals surface area contributed by atoms with Crippen molar-refractivity contribution in [2.45, 2.75) is 79.8 Å². The molecule has 1 unspecified atom stereocenters. The molecule has 1 saturated heterocycles. The van der Waals surface area contributed by atoms with Gasteiger partial charge in [0.2, 0.25) is 11.8 Å². The lowest BCUT2D eigenvalue weighted by Crippen LogP contribution is -2.52. The van der Waals surface area contributed by atoms with Crippen molar-refractivity contribution >= 4 is 29.1 Å². The maximum Gasteiger partial charge on any atom is 0.270 e. The van der Waals surface area contributed by atoms with Gasteiger partial charge in [-0.25, -0.2) is 8.78 Å². The largest absolute Gasteiger partial charge is 0.322 e. The lowest BCUT2D eigenvalue weighted by Gasteiger charge is -2.29. The molecule has 2 aliphatic heterocycles. The second-order valence-corrected chi connectivity index (χ2v) is 10.0. The smallest absolute Gasteiger partial charge is 0.270 e. The highest BCUT2D eigenvalue weighted by atomic mass is 19.3. The van der Waals surface area contributed by atoms with E-state index in [1.165, 1.54) is 17.0 Å². The zero-order chi connectivity index (χ0) is 29.1. The van der Waals surface area contributed by atoms with Crippen LogP contribution in [0.3, 0.4) is 0 Å². The Morgan fingerprint density at radius 3 is 2.38 bits per heavy atom. The third kappa shape index (κ3) is 6.32. The SMILES string of the molecule is C/C=C(\N=C(c1ccc(C(C)(F)F)cc1C)C(C)C)c1ccc2c(c1)CN(C1CCC(=O)NC1=O)C2=O.CC. The fourth-order valence-corrected chi connectivity index (χ4v) is 4.88. The normalized spacial score (nSPS) is 18.2. The topological polar surface area (TPSA) is 78.8 Å². The molecule has 0 radical (unpaired) electrons. The molecule has 0 bridgehead atoms. The van der Waals surface area contributed by atoms with Crippen molar-refractivity contribution in [2.75, 3.05) is 0 Å². The van der Waals surface area contributed by atoms with Gasteiger partial charge in [-0.1, -0.05) is 52.0 Å². The average Bonchev–Trinajstić information content (AvgIpc) is 3.21. The van der Waals surface area contributed by atoms with Crippen molar-refractivity contribution in [2.24, 2.45) is 10.9 Å². The summed E-state index contributed by atoms with van der Waals surface area (Å²) < 4.78 is 27.7. The van der Waals surface area contributed by atoms with E-state index < -0.39 is 17.9 Å². The van der Waals surface area contributed by atoms with Crippen LogP contribution in [0.25, 0.3) is 5.70 Å². The Morgan fingerprint density at radius 1 is 1.13 bits per heavy atom. The van der Waals surface area contributed by atoms with Gasteiger partial charge in [0.05, 0.1) is 11.4 Å². The van der Waals surface area contributed by atoms with E-state index in [1.807, 2.05) is 59.8 Å². The first-order valence-electron chi connectivity index (χ1n) is 13.4. The number of hydrogen-bond donors (Lipinski definition) is 1. The van der Waals surface area contributed by atoms with Gasteiger partial charge in [0.15, 0.2) is 0 Å². The molecule has 0 aromatic heterocycles. The summed E-state index contributed by atoms with van der Waals surface area (Å²) in [5.74, 6) is -3.89. The highest BCUT2D eigenvalue weighted by Crippen LogP contribution is 2.32. The number of carbonyl (C=O) groups is 3. The van der Waals surface area contributed by atoms with E-state index in [9.17, 15) is 23.2 Å². The minimum atomic E-state index is -2.92. The van der Waals surface area contributed by atoms with Gasteiger partial charge < -0.3 is 4.90 Å². The molecule has 2 aliphatic rings. The lowest BCUT2D eigenvalue weighted by atomic mass is 9.93. The van der Waals surface area contributed by atoms with E-state index in [4.69, 9.17) is 4.99 Å². The number of halogens is 2. The standard InChI is InChI=1S/C29H31F2N3O3.C2H6/c1-6-23(32-26(16(2)3)21-10-8-20(13-17(21)4)29(5,30)31)18-7-9-22-19(14-18)15-34(28(22)37)24-11-12-25(35)33-27(24)36;1-2/h6-10,13-14,16,24H,11-12,15H2,1-5H3,(H,33,35,36);1-2H3/b23-6-,32-26?;. The summed E-state index contributed by atoms with van der Waals surface area (Å²) in [4.78, 5) is 43.4. The number of allylic oxidation sites excluding steroid dienone is 1. The van der Waals surface area contributed by atoms with Gasteiger partial charge in [0.25, 0.3) is 11.8 Å². The van der Waals surface area contributed by atoms with E-state index >= 15 is 0 Å². The van der Waals surface area contributed by atoms with Crippen LogP contribution in [0.5, 0.6) is 0 Å². The number of nitrogens with one attached hydrogen (secondary N) is 1. The van der Waals surface area contributed by atoms with Crippen molar-refractivity contribution in [3.05, 3.63) is 75.9 Å². The van der Waals surface area contributed by atoms with E-state index in [0.29, 0.717) is 17.7 Å². The zero-order valence-electron chi connectivity index (χ0n) is 23.7. The number of nitrogens with zero attached hydrogens (tertiary/aromatic N) is 2. The van der Waals surface area contributed by atoms with Crippen molar-refractivity contribution in [3.8, 4) is 0 Å². The molecule has 2 heterocycles. The third-order valence-electron chi connectivity index (χ3n) is 6.89. The number of rotatable bonds is 6. The first-order valence-corrected chi connectivity index (χ1v) is 13.4. The monoisotopic (exact) mass is 537 g/mol. The Labute approximate surface area is 229 Å². The lowest BCUT2D eigenvalue weighted by molar-refractivity contribution is -0.136.